The maximum atomic E-state index is 12.9. The summed E-state index contributed by atoms with van der Waals surface area (Å²) in [7, 11) is 0. The molecule has 0 heterocycles. The lowest BCUT2D eigenvalue weighted by molar-refractivity contribution is -0.114. The third-order valence-corrected chi connectivity index (χ3v) is 4.46. The minimum atomic E-state index is -0.878. The number of rotatable bonds is 7. The molecular formula is C24H20FN3O4. The molecule has 3 aromatic rings. The molecule has 8 heteroatoms. The van der Waals surface area contributed by atoms with Gasteiger partial charge in [-0.15, -0.1) is 0 Å². The van der Waals surface area contributed by atoms with Crippen LogP contribution < -0.4 is 16.0 Å². The van der Waals surface area contributed by atoms with Crippen LogP contribution in [0.2, 0.25) is 0 Å². The van der Waals surface area contributed by atoms with E-state index in [4.69, 9.17) is 0 Å². The first-order valence-corrected chi connectivity index (χ1v) is 9.68. The van der Waals surface area contributed by atoms with Gasteiger partial charge in [0, 0.05) is 24.7 Å². The van der Waals surface area contributed by atoms with Crippen LogP contribution in [-0.2, 0) is 16.1 Å². The molecule has 0 radical (unpaired) electrons. The summed E-state index contributed by atoms with van der Waals surface area (Å²) < 4.78 is 12.9. The van der Waals surface area contributed by atoms with Crippen molar-refractivity contribution in [1.82, 2.24) is 5.32 Å². The van der Waals surface area contributed by atoms with Crippen LogP contribution in [0.4, 0.5) is 15.8 Å². The number of hydrogen-bond acceptors (Lipinski definition) is 4. The first-order chi connectivity index (χ1) is 15.3. The lowest BCUT2D eigenvalue weighted by atomic mass is 10.1. The van der Waals surface area contributed by atoms with Gasteiger partial charge < -0.3 is 16.0 Å². The SMILES string of the molecule is CC(=O)Nc1ccccc1C(=O)C(=O)Nc1ccc(C(=O)NCc2ccc(F)cc2)cc1. The number of hydrogen-bond donors (Lipinski definition) is 3. The molecule has 3 aromatic carbocycles. The maximum Gasteiger partial charge on any atom is 0.296 e. The Hall–Kier alpha value is -4.33. The van der Waals surface area contributed by atoms with Gasteiger partial charge in [-0.05, 0) is 54.1 Å². The molecule has 3 amide bonds. The standard InChI is InChI=1S/C24H20FN3O4/c1-15(29)27-21-5-3-2-4-20(21)22(30)24(32)28-19-12-8-17(9-13-19)23(31)26-14-16-6-10-18(25)11-7-16/h2-13H,14H2,1H3,(H,26,31)(H,27,29)(H,28,32). The highest BCUT2D eigenvalue weighted by Gasteiger charge is 2.20. The molecule has 0 unspecified atom stereocenters. The van der Waals surface area contributed by atoms with E-state index >= 15 is 0 Å². The van der Waals surface area contributed by atoms with Crippen LogP contribution in [-0.4, -0.2) is 23.5 Å². The average molecular weight is 433 g/mol. The number of nitrogens with one attached hydrogen (secondary N) is 3. The Morgan fingerprint density at radius 2 is 1.47 bits per heavy atom. The minimum absolute atomic E-state index is 0.0667. The van der Waals surface area contributed by atoms with Crippen LogP contribution in [0.3, 0.4) is 0 Å². The molecule has 32 heavy (non-hydrogen) atoms. The summed E-state index contributed by atoms with van der Waals surface area (Å²) in [6.45, 7) is 1.54. The van der Waals surface area contributed by atoms with E-state index in [1.54, 1.807) is 24.3 Å². The van der Waals surface area contributed by atoms with Crippen molar-refractivity contribution < 1.29 is 23.6 Å². The molecule has 0 fully saturated rings. The van der Waals surface area contributed by atoms with E-state index in [9.17, 15) is 23.6 Å². The molecule has 162 valence electrons. The molecule has 0 saturated heterocycles. The van der Waals surface area contributed by atoms with Gasteiger partial charge >= 0.3 is 0 Å². The van der Waals surface area contributed by atoms with E-state index < -0.39 is 11.7 Å². The van der Waals surface area contributed by atoms with Gasteiger partial charge in [0.1, 0.15) is 5.82 Å². The lowest BCUT2D eigenvalue weighted by Crippen LogP contribution is -2.25. The van der Waals surface area contributed by atoms with Gasteiger partial charge in [-0.25, -0.2) is 4.39 Å². The van der Waals surface area contributed by atoms with E-state index in [1.807, 2.05) is 0 Å². The fraction of sp³-hybridized carbons (Fsp3) is 0.0833. The molecule has 0 saturated carbocycles. The monoisotopic (exact) mass is 433 g/mol. The quantitative estimate of drug-likeness (QED) is 0.392. The highest BCUT2D eigenvalue weighted by molar-refractivity contribution is 6.47. The molecule has 0 aliphatic rings. The van der Waals surface area contributed by atoms with E-state index in [-0.39, 0.29) is 35.4 Å². The summed E-state index contributed by atoms with van der Waals surface area (Å²) >= 11 is 0. The van der Waals surface area contributed by atoms with Gasteiger partial charge in [-0.2, -0.15) is 0 Å². The first kappa shape index (κ1) is 22.4. The molecule has 0 atom stereocenters. The Bertz CT molecular complexity index is 1160. The molecule has 7 nitrogen and oxygen atoms in total. The number of para-hydroxylation sites is 1. The van der Waals surface area contributed by atoms with Crippen LogP contribution in [0.25, 0.3) is 0 Å². The Morgan fingerprint density at radius 3 is 2.12 bits per heavy atom. The summed E-state index contributed by atoms with van der Waals surface area (Å²) in [6.07, 6.45) is 0. The van der Waals surface area contributed by atoms with E-state index in [0.29, 0.717) is 11.3 Å². The predicted molar refractivity (Wildman–Crippen MR) is 118 cm³/mol. The molecule has 0 spiro atoms. The van der Waals surface area contributed by atoms with Crippen molar-refractivity contribution >= 4 is 34.9 Å². The third kappa shape index (κ3) is 5.85. The highest BCUT2D eigenvalue weighted by Crippen LogP contribution is 2.17. The lowest BCUT2D eigenvalue weighted by Gasteiger charge is -2.10. The molecule has 0 aliphatic carbocycles. The second-order valence-electron chi connectivity index (χ2n) is 6.90. The van der Waals surface area contributed by atoms with E-state index in [1.165, 1.54) is 55.5 Å². The maximum absolute atomic E-state index is 12.9. The van der Waals surface area contributed by atoms with Gasteiger partial charge in [0.25, 0.3) is 17.6 Å². The number of carbonyl (C=O) groups excluding carboxylic acids is 4. The number of carbonyl (C=O) groups is 4. The molecule has 3 N–H and O–H groups in total. The molecule has 3 rings (SSSR count). The van der Waals surface area contributed by atoms with Crippen molar-refractivity contribution in [2.24, 2.45) is 0 Å². The summed E-state index contributed by atoms with van der Waals surface area (Å²) in [5.74, 6) is -2.74. The van der Waals surface area contributed by atoms with Gasteiger partial charge in [0.05, 0.1) is 11.3 Å². The Labute approximate surface area is 183 Å². The number of amides is 3. The van der Waals surface area contributed by atoms with Crippen LogP contribution in [0, 0.1) is 5.82 Å². The molecular weight excluding hydrogens is 413 g/mol. The van der Waals surface area contributed by atoms with Crippen LogP contribution >= 0.6 is 0 Å². The average Bonchev–Trinajstić information content (AvgIpc) is 2.78. The largest absolute Gasteiger partial charge is 0.348 e. The summed E-state index contributed by atoms with van der Waals surface area (Å²) in [5.41, 5.74) is 1.75. The minimum Gasteiger partial charge on any atom is -0.348 e. The number of Topliss-reactive ketones (excluding diaryl/α,β-unsaturated/α-hetero) is 1. The van der Waals surface area contributed by atoms with Gasteiger partial charge in [-0.1, -0.05) is 24.3 Å². The summed E-state index contributed by atoms with van der Waals surface area (Å²) in [5, 5.41) is 7.72. The Balaban J connectivity index is 1.61. The topological polar surface area (TPSA) is 104 Å². The van der Waals surface area contributed by atoms with Gasteiger partial charge in [0.2, 0.25) is 5.91 Å². The zero-order valence-electron chi connectivity index (χ0n) is 17.1. The van der Waals surface area contributed by atoms with Gasteiger partial charge in [0.15, 0.2) is 0 Å². The summed E-state index contributed by atoms with van der Waals surface area (Å²) in [4.78, 5) is 48.5. The van der Waals surface area contributed by atoms with Crippen molar-refractivity contribution in [1.29, 1.82) is 0 Å². The van der Waals surface area contributed by atoms with Crippen LogP contribution in [0.15, 0.2) is 72.8 Å². The highest BCUT2D eigenvalue weighted by atomic mass is 19.1. The third-order valence-electron chi connectivity index (χ3n) is 4.46. The number of anilines is 2. The molecule has 0 aromatic heterocycles. The van der Waals surface area contributed by atoms with Crippen molar-refractivity contribution in [3.05, 3.63) is 95.3 Å². The van der Waals surface area contributed by atoms with Crippen molar-refractivity contribution in [3.63, 3.8) is 0 Å². The second kappa shape index (κ2) is 10.1. The van der Waals surface area contributed by atoms with Crippen molar-refractivity contribution in [2.45, 2.75) is 13.5 Å². The smallest absolute Gasteiger partial charge is 0.296 e. The van der Waals surface area contributed by atoms with Gasteiger partial charge in [-0.3, -0.25) is 19.2 Å². The molecule has 0 aliphatic heterocycles. The number of benzene rings is 3. The number of ketones is 1. The normalized spacial score (nSPS) is 10.2. The van der Waals surface area contributed by atoms with Crippen molar-refractivity contribution in [3.8, 4) is 0 Å². The fourth-order valence-corrected chi connectivity index (χ4v) is 2.88. The zero-order valence-corrected chi connectivity index (χ0v) is 17.1. The Morgan fingerprint density at radius 1 is 0.812 bits per heavy atom. The first-order valence-electron chi connectivity index (χ1n) is 9.68. The Kier molecular flexibility index (Phi) is 7.07. The van der Waals surface area contributed by atoms with E-state index in [0.717, 1.165) is 5.56 Å². The fourth-order valence-electron chi connectivity index (χ4n) is 2.88. The predicted octanol–water partition coefficient (Wildman–Crippen LogP) is 3.54. The zero-order chi connectivity index (χ0) is 23.1. The van der Waals surface area contributed by atoms with Crippen LogP contribution in [0.1, 0.15) is 33.2 Å². The summed E-state index contributed by atoms with van der Waals surface area (Å²) in [6, 6.07) is 18.0. The van der Waals surface area contributed by atoms with Crippen molar-refractivity contribution in [2.75, 3.05) is 10.6 Å². The van der Waals surface area contributed by atoms with E-state index in [2.05, 4.69) is 16.0 Å². The number of halogens is 1. The molecule has 0 bridgehead atoms. The second-order valence-corrected chi connectivity index (χ2v) is 6.90. The van der Waals surface area contributed by atoms with Crippen LogP contribution in [0.5, 0.6) is 0 Å².